The van der Waals surface area contributed by atoms with Crippen molar-refractivity contribution < 1.29 is 19.5 Å². The molecule has 0 unspecified atom stereocenters. The van der Waals surface area contributed by atoms with Crippen LogP contribution in [0.15, 0.2) is 24.3 Å². The number of carboxylic acids is 1. The molecule has 130 valence electrons. The molecule has 24 heavy (non-hydrogen) atoms. The standard InChI is InChI=1S/C18H24N2O4/c21-16(7-4-8-17(22)23)19-15-11-9-13(10-12-15)18(24)20-14-5-2-1-3-6-14/h9-12,14H,1-8H2,(H,19,21)(H,20,24)(H,22,23). The minimum Gasteiger partial charge on any atom is -0.481 e. The van der Waals surface area contributed by atoms with Gasteiger partial charge in [-0.05, 0) is 43.5 Å². The normalized spacial score (nSPS) is 14.8. The number of carboxylic acid groups (broad SMARTS) is 1. The fourth-order valence-electron chi connectivity index (χ4n) is 2.84. The van der Waals surface area contributed by atoms with Crippen molar-refractivity contribution in [2.24, 2.45) is 0 Å². The van der Waals surface area contributed by atoms with E-state index in [9.17, 15) is 14.4 Å². The van der Waals surface area contributed by atoms with Gasteiger partial charge in [-0.1, -0.05) is 19.3 Å². The lowest BCUT2D eigenvalue weighted by atomic mass is 9.95. The van der Waals surface area contributed by atoms with E-state index < -0.39 is 5.97 Å². The molecule has 0 bridgehead atoms. The highest BCUT2D eigenvalue weighted by Gasteiger charge is 2.16. The summed E-state index contributed by atoms with van der Waals surface area (Å²) in [7, 11) is 0. The van der Waals surface area contributed by atoms with Crippen molar-refractivity contribution in [1.29, 1.82) is 0 Å². The second kappa shape index (κ2) is 9.05. The van der Waals surface area contributed by atoms with E-state index in [4.69, 9.17) is 5.11 Å². The van der Waals surface area contributed by atoms with Crippen molar-refractivity contribution in [3.63, 3.8) is 0 Å². The first-order valence-electron chi connectivity index (χ1n) is 8.47. The summed E-state index contributed by atoms with van der Waals surface area (Å²) >= 11 is 0. The summed E-state index contributed by atoms with van der Waals surface area (Å²) in [4.78, 5) is 34.3. The van der Waals surface area contributed by atoms with Gasteiger partial charge in [-0.25, -0.2) is 0 Å². The lowest BCUT2D eigenvalue weighted by molar-refractivity contribution is -0.137. The second-order valence-corrected chi connectivity index (χ2v) is 6.18. The number of carbonyl (C=O) groups is 3. The molecule has 0 saturated heterocycles. The zero-order valence-electron chi connectivity index (χ0n) is 13.7. The van der Waals surface area contributed by atoms with Crippen LogP contribution in [0, 0.1) is 0 Å². The molecule has 0 spiro atoms. The third-order valence-electron chi connectivity index (χ3n) is 4.17. The van der Waals surface area contributed by atoms with E-state index >= 15 is 0 Å². The van der Waals surface area contributed by atoms with E-state index in [1.807, 2.05) is 0 Å². The Hall–Kier alpha value is -2.37. The van der Waals surface area contributed by atoms with Crippen LogP contribution in [0.3, 0.4) is 0 Å². The van der Waals surface area contributed by atoms with Crippen LogP contribution in [0.4, 0.5) is 5.69 Å². The van der Waals surface area contributed by atoms with Gasteiger partial charge in [-0.2, -0.15) is 0 Å². The largest absolute Gasteiger partial charge is 0.481 e. The van der Waals surface area contributed by atoms with E-state index in [0.29, 0.717) is 17.7 Å². The smallest absolute Gasteiger partial charge is 0.303 e. The van der Waals surface area contributed by atoms with Crippen molar-refractivity contribution in [2.45, 2.75) is 57.4 Å². The van der Waals surface area contributed by atoms with Crippen LogP contribution in [0.1, 0.15) is 61.7 Å². The van der Waals surface area contributed by atoms with Crippen LogP contribution in [0.5, 0.6) is 0 Å². The molecule has 6 heteroatoms. The van der Waals surface area contributed by atoms with Crippen LogP contribution in [-0.2, 0) is 9.59 Å². The van der Waals surface area contributed by atoms with Crippen LogP contribution >= 0.6 is 0 Å². The number of hydrogen-bond acceptors (Lipinski definition) is 3. The maximum Gasteiger partial charge on any atom is 0.303 e. The number of nitrogens with one attached hydrogen (secondary N) is 2. The quantitative estimate of drug-likeness (QED) is 0.715. The van der Waals surface area contributed by atoms with Gasteiger partial charge in [0.25, 0.3) is 5.91 Å². The highest BCUT2D eigenvalue weighted by atomic mass is 16.4. The highest BCUT2D eigenvalue weighted by Crippen LogP contribution is 2.18. The SMILES string of the molecule is O=C(O)CCCC(=O)Nc1ccc(C(=O)NC2CCCCC2)cc1. The van der Waals surface area contributed by atoms with Crippen molar-refractivity contribution >= 4 is 23.5 Å². The fraction of sp³-hybridized carbons (Fsp3) is 0.500. The zero-order chi connectivity index (χ0) is 17.4. The molecule has 0 atom stereocenters. The summed E-state index contributed by atoms with van der Waals surface area (Å²) in [5, 5.41) is 14.3. The molecule has 1 aromatic carbocycles. The van der Waals surface area contributed by atoms with Gasteiger partial charge < -0.3 is 15.7 Å². The van der Waals surface area contributed by atoms with Gasteiger partial charge in [-0.3, -0.25) is 14.4 Å². The molecule has 0 aromatic heterocycles. The number of rotatable bonds is 7. The summed E-state index contributed by atoms with van der Waals surface area (Å²) < 4.78 is 0. The molecule has 1 fully saturated rings. The number of carbonyl (C=O) groups excluding carboxylic acids is 2. The molecule has 6 nitrogen and oxygen atoms in total. The topological polar surface area (TPSA) is 95.5 Å². The molecule has 1 saturated carbocycles. The average Bonchev–Trinajstić information content (AvgIpc) is 2.56. The first-order chi connectivity index (χ1) is 11.5. The van der Waals surface area contributed by atoms with E-state index in [-0.39, 0.29) is 30.7 Å². The molecule has 1 aliphatic rings. The number of hydrogen-bond donors (Lipinski definition) is 3. The van der Waals surface area contributed by atoms with Gasteiger partial charge in [0.1, 0.15) is 0 Å². The number of amides is 2. The van der Waals surface area contributed by atoms with Gasteiger partial charge in [0.15, 0.2) is 0 Å². The van der Waals surface area contributed by atoms with Gasteiger partial charge in [0, 0.05) is 30.1 Å². The Kier molecular flexibility index (Phi) is 6.78. The van der Waals surface area contributed by atoms with Gasteiger partial charge in [0.2, 0.25) is 5.91 Å². The lowest BCUT2D eigenvalue weighted by Crippen LogP contribution is -2.36. The van der Waals surface area contributed by atoms with Crippen LogP contribution in [0.2, 0.25) is 0 Å². The summed E-state index contributed by atoms with van der Waals surface area (Å²) in [6.07, 6.45) is 6.10. The van der Waals surface area contributed by atoms with Crippen LogP contribution in [-0.4, -0.2) is 28.9 Å². The Morgan fingerprint density at radius 3 is 2.29 bits per heavy atom. The third-order valence-corrected chi connectivity index (χ3v) is 4.17. The maximum atomic E-state index is 12.2. The number of anilines is 1. The molecular formula is C18H24N2O4. The summed E-state index contributed by atoms with van der Waals surface area (Å²) in [5.41, 5.74) is 1.17. The Morgan fingerprint density at radius 1 is 1.00 bits per heavy atom. The minimum atomic E-state index is -0.906. The summed E-state index contributed by atoms with van der Waals surface area (Å²) in [5.74, 6) is -1.21. The molecular weight excluding hydrogens is 308 g/mol. The first-order valence-corrected chi connectivity index (χ1v) is 8.47. The van der Waals surface area contributed by atoms with Crippen molar-refractivity contribution in [3.05, 3.63) is 29.8 Å². The average molecular weight is 332 g/mol. The second-order valence-electron chi connectivity index (χ2n) is 6.18. The molecule has 0 aliphatic heterocycles. The van der Waals surface area contributed by atoms with Crippen LogP contribution in [0.25, 0.3) is 0 Å². The molecule has 0 heterocycles. The monoisotopic (exact) mass is 332 g/mol. The van der Waals surface area contributed by atoms with E-state index in [0.717, 1.165) is 25.7 Å². The van der Waals surface area contributed by atoms with Gasteiger partial charge in [-0.15, -0.1) is 0 Å². The summed E-state index contributed by atoms with van der Waals surface area (Å²) in [6, 6.07) is 7.01. The molecule has 1 aliphatic carbocycles. The number of benzene rings is 1. The predicted octanol–water partition coefficient (Wildman–Crippen LogP) is 2.94. The van der Waals surface area contributed by atoms with E-state index in [2.05, 4.69) is 10.6 Å². The zero-order valence-corrected chi connectivity index (χ0v) is 13.7. The van der Waals surface area contributed by atoms with Crippen molar-refractivity contribution in [3.8, 4) is 0 Å². The molecule has 0 radical (unpaired) electrons. The molecule has 2 rings (SSSR count). The predicted molar refractivity (Wildman–Crippen MR) is 90.9 cm³/mol. The van der Waals surface area contributed by atoms with Gasteiger partial charge >= 0.3 is 5.97 Å². The number of aliphatic carboxylic acids is 1. The third kappa shape index (κ3) is 6.02. The Balaban J connectivity index is 1.80. The van der Waals surface area contributed by atoms with Gasteiger partial charge in [0.05, 0.1) is 0 Å². The Bertz CT molecular complexity index is 577. The highest BCUT2D eigenvalue weighted by molar-refractivity contribution is 5.96. The molecule has 1 aromatic rings. The summed E-state index contributed by atoms with van der Waals surface area (Å²) in [6.45, 7) is 0. The Morgan fingerprint density at radius 2 is 1.67 bits per heavy atom. The maximum absolute atomic E-state index is 12.2. The first kappa shape index (κ1) is 18.0. The molecule has 3 N–H and O–H groups in total. The van der Waals surface area contributed by atoms with E-state index in [1.54, 1.807) is 24.3 Å². The van der Waals surface area contributed by atoms with Crippen molar-refractivity contribution in [2.75, 3.05) is 5.32 Å². The van der Waals surface area contributed by atoms with Crippen LogP contribution < -0.4 is 10.6 Å². The minimum absolute atomic E-state index is 0.0201. The Labute approximate surface area is 141 Å². The lowest BCUT2D eigenvalue weighted by Gasteiger charge is -2.22. The fourth-order valence-corrected chi connectivity index (χ4v) is 2.84. The molecule has 2 amide bonds. The van der Waals surface area contributed by atoms with E-state index in [1.165, 1.54) is 6.42 Å². The van der Waals surface area contributed by atoms with Crippen molar-refractivity contribution in [1.82, 2.24) is 5.32 Å².